The SMILES string of the molecule is CN(C)c1cnccc1-c1ccc(NC(=O)[C@@H](NC(=O)OC(C)(C)C)C(c2ccccc2)c2ccccc2)cc1. The first-order valence-corrected chi connectivity index (χ1v) is 13.2. The first kappa shape index (κ1) is 28.4. The van der Waals surface area contributed by atoms with E-state index in [4.69, 9.17) is 4.74 Å². The largest absolute Gasteiger partial charge is 0.444 e. The maximum atomic E-state index is 13.9. The van der Waals surface area contributed by atoms with Crippen LogP contribution in [-0.2, 0) is 9.53 Å². The molecule has 0 spiro atoms. The zero-order valence-corrected chi connectivity index (χ0v) is 23.6. The minimum Gasteiger partial charge on any atom is -0.444 e. The number of rotatable bonds is 8. The molecule has 0 aliphatic heterocycles. The van der Waals surface area contributed by atoms with E-state index < -0.39 is 23.7 Å². The number of aromatic nitrogens is 1. The number of hydrogen-bond donors (Lipinski definition) is 2. The van der Waals surface area contributed by atoms with Gasteiger partial charge in [-0.15, -0.1) is 0 Å². The minimum atomic E-state index is -0.945. The van der Waals surface area contributed by atoms with E-state index >= 15 is 0 Å². The second-order valence-electron chi connectivity index (χ2n) is 10.8. The lowest BCUT2D eigenvalue weighted by Crippen LogP contribution is -2.49. The summed E-state index contributed by atoms with van der Waals surface area (Å²) >= 11 is 0. The van der Waals surface area contributed by atoms with E-state index in [2.05, 4.69) is 15.6 Å². The van der Waals surface area contributed by atoms with E-state index in [9.17, 15) is 9.59 Å². The van der Waals surface area contributed by atoms with Gasteiger partial charge in [-0.2, -0.15) is 0 Å². The quantitative estimate of drug-likeness (QED) is 0.269. The van der Waals surface area contributed by atoms with Crippen molar-refractivity contribution < 1.29 is 14.3 Å². The molecule has 0 radical (unpaired) electrons. The zero-order chi connectivity index (χ0) is 28.7. The van der Waals surface area contributed by atoms with Crippen LogP contribution in [-0.4, -0.2) is 42.7 Å². The van der Waals surface area contributed by atoms with Crippen molar-refractivity contribution in [2.24, 2.45) is 0 Å². The van der Waals surface area contributed by atoms with Crippen molar-refractivity contribution in [3.8, 4) is 11.1 Å². The van der Waals surface area contributed by atoms with Crippen LogP contribution >= 0.6 is 0 Å². The normalized spacial score (nSPS) is 11.9. The average Bonchev–Trinajstić information content (AvgIpc) is 2.93. The highest BCUT2D eigenvalue weighted by molar-refractivity contribution is 5.98. The Hall–Kier alpha value is -4.65. The fraction of sp³-hybridized carbons (Fsp3) is 0.242. The van der Waals surface area contributed by atoms with Crippen LogP contribution in [0.1, 0.15) is 37.8 Å². The molecule has 0 saturated carbocycles. The first-order chi connectivity index (χ1) is 19.1. The summed E-state index contributed by atoms with van der Waals surface area (Å²) in [5.74, 6) is -0.803. The monoisotopic (exact) mass is 536 g/mol. The highest BCUT2D eigenvalue weighted by Gasteiger charge is 2.34. The molecule has 206 valence electrons. The van der Waals surface area contributed by atoms with Crippen molar-refractivity contribution >= 4 is 23.4 Å². The number of anilines is 2. The second-order valence-corrected chi connectivity index (χ2v) is 10.8. The maximum absolute atomic E-state index is 13.9. The second kappa shape index (κ2) is 12.5. The summed E-state index contributed by atoms with van der Waals surface area (Å²) in [7, 11) is 3.95. The van der Waals surface area contributed by atoms with E-state index in [1.54, 1.807) is 27.0 Å². The van der Waals surface area contributed by atoms with Gasteiger partial charge in [0.1, 0.15) is 11.6 Å². The minimum absolute atomic E-state index is 0.353. The molecule has 0 saturated heterocycles. The summed E-state index contributed by atoms with van der Waals surface area (Å²) in [6, 6.07) is 28.0. The van der Waals surface area contributed by atoms with Crippen molar-refractivity contribution in [3.63, 3.8) is 0 Å². The van der Waals surface area contributed by atoms with Crippen LogP contribution < -0.4 is 15.5 Å². The Bertz CT molecular complexity index is 1380. The number of amides is 2. The molecule has 1 atom stereocenters. The molecule has 2 amide bonds. The first-order valence-electron chi connectivity index (χ1n) is 13.2. The lowest BCUT2D eigenvalue weighted by molar-refractivity contribution is -0.118. The number of nitrogens with one attached hydrogen (secondary N) is 2. The van der Waals surface area contributed by atoms with Crippen LogP contribution in [0.15, 0.2) is 103 Å². The van der Waals surface area contributed by atoms with Crippen molar-refractivity contribution in [1.29, 1.82) is 0 Å². The van der Waals surface area contributed by atoms with E-state index in [-0.39, 0.29) is 5.91 Å². The molecule has 2 N–H and O–H groups in total. The number of carbonyl (C=O) groups excluding carboxylic acids is 2. The number of alkyl carbamates (subject to hydrolysis) is 1. The molecule has 0 aliphatic rings. The van der Waals surface area contributed by atoms with E-state index in [1.807, 2.05) is 116 Å². The van der Waals surface area contributed by atoms with Crippen LogP contribution in [0.25, 0.3) is 11.1 Å². The summed E-state index contributed by atoms with van der Waals surface area (Å²) in [6.45, 7) is 5.37. The van der Waals surface area contributed by atoms with Gasteiger partial charge in [0, 0.05) is 37.5 Å². The molecule has 0 fully saturated rings. The van der Waals surface area contributed by atoms with E-state index in [0.29, 0.717) is 5.69 Å². The highest BCUT2D eigenvalue weighted by atomic mass is 16.6. The van der Waals surface area contributed by atoms with E-state index in [0.717, 1.165) is 27.9 Å². The third kappa shape index (κ3) is 7.26. The molecule has 4 aromatic rings. The molecule has 0 bridgehead atoms. The molecule has 1 heterocycles. The summed E-state index contributed by atoms with van der Waals surface area (Å²) in [6.07, 6.45) is 2.93. The standard InChI is InChI=1S/C33H36N4O3/c1-33(2,3)40-32(39)36-30(29(24-12-8-6-9-13-24)25-14-10-7-11-15-25)31(38)35-26-18-16-23(17-19-26)27-20-21-34-22-28(27)37(4)5/h6-22,29-30H,1-5H3,(H,35,38)(H,36,39)/t30-/m0/s1. The molecular weight excluding hydrogens is 500 g/mol. The van der Waals surface area contributed by atoms with Gasteiger partial charge < -0.3 is 20.3 Å². The van der Waals surface area contributed by atoms with Crippen molar-refractivity contribution in [1.82, 2.24) is 10.3 Å². The van der Waals surface area contributed by atoms with Gasteiger partial charge in [-0.3, -0.25) is 9.78 Å². The molecule has 3 aromatic carbocycles. The molecule has 4 rings (SSSR count). The van der Waals surface area contributed by atoms with Gasteiger partial charge in [0.2, 0.25) is 5.91 Å². The molecule has 1 aromatic heterocycles. The lowest BCUT2D eigenvalue weighted by Gasteiger charge is -2.29. The van der Waals surface area contributed by atoms with Crippen molar-refractivity contribution in [2.45, 2.75) is 38.3 Å². The third-order valence-electron chi connectivity index (χ3n) is 6.35. The van der Waals surface area contributed by atoms with Crippen molar-refractivity contribution in [2.75, 3.05) is 24.3 Å². The van der Waals surface area contributed by atoms with Gasteiger partial charge in [0.25, 0.3) is 0 Å². The number of nitrogens with zero attached hydrogens (tertiary/aromatic N) is 2. The lowest BCUT2D eigenvalue weighted by atomic mass is 9.84. The van der Waals surface area contributed by atoms with Gasteiger partial charge in [-0.25, -0.2) is 4.79 Å². The van der Waals surface area contributed by atoms with Crippen molar-refractivity contribution in [3.05, 3.63) is 115 Å². The molecule has 0 unspecified atom stereocenters. The predicted octanol–water partition coefficient (Wildman–Crippen LogP) is 6.48. The third-order valence-corrected chi connectivity index (χ3v) is 6.35. The number of benzene rings is 3. The summed E-state index contributed by atoms with van der Waals surface area (Å²) < 4.78 is 5.55. The Morgan fingerprint density at radius 1 is 0.825 bits per heavy atom. The van der Waals surface area contributed by atoms with Crippen LogP contribution in [0.3, 0.4) is 0 Å². The number of hydrogen-bond acceptors (Lipinski definition) is 5. The zero-order valence-electron chi connectivity index (χ0n) is 23.6. The Morgan fingerprint density at radius 3 is 1.93 bits per heavy atom. The van der Waals surface area contributed by atoms with Crippen LogP contribution in [0, 0.1) is 0 Å². The van der Waals surface area contributed by atoms with Gasteiger partial charge in [0.05, 0.1) is 11.9 Å². The van der Waals surface area contributed by atoms with Crippen LogP contribution in [0.2, 0.25) is 0 Å². The Morgan fingerprint density at radius 2 is 1.40 bits per heavy atom. The van der Waals surface area contributed by atoms with Gasteiger partial charge in [-0.1, -0.05) is 72.8 Å². The molecular formula is C33H36N4O3. The summed E-state index contributed by atoms with van der Waals surface area (Å²) in [5.41, 5.74) is 4.73. The van der Waals surface area contributed by atoms with Gasteiger partial charge >= 0.3 is 6.09 Å². The molecule has 0 aliphatic carbocycles. The fourth-order valence-corrected chi connectivity index (χ4v) is 4.57. The highest BCUT2D eigenvalue weighted by Crippen LogP contribution is 2.31. The van der Waals surface area contributed by atoms with Gasteiger partial charge in [-0.05, 0) is 55.7 Å². The summed E-state index contributed by atoms with van der Waals surface area (Å²) in [5, 5.41) is 5.88. The number of pyridine rings is 1. The Kier molecular flexibility index (Phi) is 8.84. The maximum Gasteiger partial charge on any atom is 0.408 e. The molecule has 7 nitrogen and oxygen atoms in total. The van der Waals surface area contributed by atoms with Gasteiger partial charge in [0.15, 0.2) is 0 Å². The Balaban J connectivity index is 1.66. The van der Waals surface area contributed by atoms with Crippen LogP contribution in [0.5, 0.6) is 0 Å². The predicted molar refractivity (Wildman–Crippen MR) is 161 cm³/mol. The molecule has 40 heavy (non-hydrogen) atoms. The topological polar surface area (TPSA) is 83.6 Å². The number of carbonyl (C=O) groups is 2. The fourth-order valence-electron chi connectivity index (χ4n) is 4.57. The summed E-state index contributed by atoms with van der Waals surface area (Å²) in [4.78, 5) is 33.1. The smallest absolute Gasteiger partial charge is 0.408 e. The van der Waals surface area contributed by atoms with E-state index in [1.165, 1.54) is 0 Å². The Labute approximate surface area is 236 Å². The number of ether oxygens (including phenoxy) is 1. The van der Waals surface area contributed by atoms with Crippen LogP contribution in [0.4, 0.5) is 16.2 Å². The average molecular weight is 537 g/mol. The molecule has 7 heteroatoms.